The Morgan fingerprint density at radius 3 is 3.00 bits per heavy atom. The molecule has 0 spiro atoms. The van der Waals surface area contributed by atoms with Crippen molar-refractivity contribution >= 4 is 17.1 Å². The van der Waals surface area contributed by atoms with Crippen LogP contribution in [0.15, 0.2) is 36.7 Å². The second-order valence-electron chi connectivity index (χ2n) is 2.60. The zero-order valence-electron chi connectivity index (χ0n) is 6.40. The van der Waals surface area contributed by atoms with E-state index >= 15 is 0 Å². The summed E-state index contributed by atoms with van der Waals surface area (Å²) >= 11 is 5.18. The summed E-state index contributed by atoms with van der Waals surface area (Å²) in [6.45, 7) is 0. The molecule has 1 aliphatic rings. The smallest absolute Gasteiger partial charge is 0.118 e. The first-order valence-electron chi connectivity index (χ1n) is 3.76. The van der Waals surface area contributed by atoms with Crippen molar-refractivity contribution in [1.82, 2.24) is 9.97 Å². The van der Waals surface area contributed by atoms with Crippen LogP contribution in [0.1, 0.15) is 11.7 Å². The second kappa shape index (κ2) is 3.03. The summed E-state index contributed by atoms with van der Waals surface area (Å²) < 4.78 is 0. The average molecular weight is 176 g/mol. The summed E-state index contributed by atoms with van der Waals surface area (Å²) in [6.07, 6.45) is 11.5. The van der Waals surface area contributed by atoms with E-state index in [0.29, 0.717) is 0 Å². The van der Waals surface area contributed by atoms with Crippen LogP contribution in [0, 0.1) is 0 Å². The highest BCUT2D eigenvalue weighted by Gasteiger charge is 2.14. The van der Waals surface area contributed by atoms with Gasteiger partial charge in [-0.1, -0.05) is 30.4 Å². The predicted octanol–water partition coefficient (Wildman–Crippen LogP) is 1.99. The van der Waals surface area contributed by atoms with Crippen molar-refractivity contribution in [3.63, 3.8) is 0 Å². The molecule has 0 fully saturated rings. The van der Waals surface area contributed by atoms with Gasteiger partial charge in [0.15, 0.2) is 0 Å². The highest BCUT2D eigenvalue weighted by Crippen LogP contribution is 2.18. The Morgan fingerprint density at radius 2 is 2.33 bits per heavy atom. The van der Waals surface area contributed by atoms with Gasteiger partial charge in [0.25, 0.3) is 0 Å². The fraction of sp³-hybridized carbons (Fsp3) is 0.111. The quantitative estimate of drug-likeness (QED) is 0.663. The molecular weight excluding hydrogens is 168 g/mol. The first-order valence-corrected chi connectivity index (χ1v) is 4.17. The van der Waals surface area contributed by atoms with Gasteiger partial charge in [-0.2, -0.15) is 0 Å². The summed E-state index contributed by atoms with van der Waals surface area (Å²) in [5, 5.41) is 0. The Balaban J connectivity index is 2.31. The Morgan fingerprint density at radius 1 is 1.42 bits per heavy atom. The standard InChI is InChI=1S/C9H8N2S/c12-8-4-2-1-3-7(8)9-10-5-6-11-9/h1-7H,(H,10,11). The minimum atomic E-state index is 0.153. The Hall–Kier alpha value is -1.22. The summed E-state index contributed by atoms with van der Waals surface area (Å²) in [5.74, 6) is 1.07. The first-order chi connectivity index (χ1) is 5.88. The number of aromatic amines is 1. The highest BCUT2D eigenvalue weighted by atomic mass is 32.1. The maximum absolute atomic E-state index is 5.18. The molecule has 60 valence electrons. The van der Waals surface area contributed by atoms with Crippen molar-refractivity contribution in [2.45, 2.75) is 5.92 Å². The number of imidazole rings is 1. The third-order valence-corrected chi connectivity index (χ3v) is 2.19. The lowest BCUT2D eigenvalue weighted by Gasteiger charge is -2.10. The normalized spacial score (nSPS) is 21.7. The van der Waals surface area contributed by atoms with Crippen LogP contribution in [-0.4, -0.2) is 14.8 Å². The number of thiocarbonyl (C=S) groups is 1. The predicted molar refractivity (Wildman–Crippen MR) is 52.2 cm³/mol. The van der Waals surface area contributed by atoms with Gasteiger partial charge in [-0.3, -0.25) is 0 Å². The summed E-state index contributed by atoms with van der Waals surface area (Å²) in [7, 11) is 0. The Labute approximate surface area is 76.0 Å². The maximum atomic E-state index is 5.18. The van der Waals surface area contributed by atoms with Crippen LogP contribution < -0.4 is 0 Å². The van der Waals surface area contributed by atoms with Gasteiger partial charge in [0.05, 0.1) is 5.92 Å². The first kappa shape index (κ1) is 7.43. The number of nitrogens with zero attached hydrogens (tertiary/aromatic N) is 1. The molecule has 1 aromatic heterocycles. The van der Waals surface area contributed by atoms with Gasteiger partial charge in [0.2, 0.25) is 0 Å². The van der Waals surface area contributed by atoms with Crippen molar-refractivity contribution in [3.8, 4) is 0 Å². The van der Waals surface area contributed by atoms with Gasteiger partial charge < -0.3 is 4.98 Å². The molecule has 3 heteroatoms. The fourth-order valence-electron chi connectivity index (χ4n) is 1.20. The van der Waals surface area contributed by atoms with E-state index in [4.69, 9.17) is 12.2 Å². The van der Waals surface area contributed by atoms with Crippen molar-refractivity contribution in [1.29, 1.82) is 0 Å². The molecule has 2 nitrogen and oxygen atoms in total. The molecule has 0 saturated heterocycles. The van der Waals surface area contributed by atoms with Crippen LogP contribution >= 0.6 is 12.2 Å². The van der Waals surface area contributed by atoms with Crippen molar-refractivity contribution in [3.05, 3.63) is 42.5 Å². The van der Waals surface area contributed by atoms with Crippen molar-refractivity contribution < 1.29 is 0 Å². The van der Waals surface area contributed by atoms with Crippen LogP contribution in [0.25, 0.3) is 0 Å². The van der Waals surface area contributed by atoms with Gasteiger partial charge in [0, 0.05) is 17.3 Å². The molecule has 12 heavy (non-hydrogen) atoms. The molecule has 1 aromatic rings. The lowest BCUT2D eigenvalue weighted by atomic mass is 10.0. The summed E-state index contributed by atoms with van der Waals surface area (Å²) in [6, 6.07) is 0. The van der Waals surface area contributed by atoms with Crippen LogP contribution in [0.3, 0.4) is 0 Å². The topological polar surface area (TPSA) is 28.7 Å². The van der Waals surface area contributed by atoms with E-state index in [1.54, 1.807) is 6.20 Å². The molecule has 0 bridgehead atoms. The Kier molecular flexibility index (Phi) is 1.87. The van der Waals surface area contributed by atoms with E-state index in [1.807, 2.05) is 30.5 Å². The van der Waals surface area contributed by atoms with Crippen LogP contribution in [0.5, 0.6) is 0 Å². The number of aromatic nitrogens is 2. The average Bonchev–Trinajstić information content (AvgIpc) is 2.57. The molecule has 0 aromatic carbocycles. The van der Waals surface area contributed by atoms with Crippen LogP contribution in [-0.2, 0) is 0 Å². The molecular formula is C9H8N2S. The Bertz CT molecular complexity index is 335. The number of allylic oxidation sites excluding steroid dienone is 4. The zero-order chi connectivity index (χ0) is 8.39. The highest BCUT2D eigenvalue weighted by molar-refractivity contribution is 7.80. The van der Waals surface area contributed by atoms with E-state index in [0.717, 1.165) is 10.7 Å². The van der Waals surface area contributed by atoms with E-state index in [9.17, 15) is 0 Å². The lowest BCUT2D eigenvalue weighted by molar-refractivity contribution is 0.997. The molecule has 1 atom stereocenters. The van der Waals surface area contributed by atoms with E-state index in [2.05, 4.69) is 9.97 Å². The SMILES string of the molecule is S=C1C=CC=CC1c1ncc[nH]1. The molecule has 0 amide bonds. The van der Waals surface area contributed by atoms with Crippen molar-refractivity contribution in [2.75, 3.05) is 0 Å². The maximum Gasteiger partial charge on any atom is 0.118 e. The van der Waals surface area contributed by atoms with E-state index in [-0.39, 0.29) is 5.92 Å². The number of rotatable bonds is 1. The van der Waals surface area contributed by atoms with Gasteiger partial charge in [-0.25, -0.2) is 4.98 Å². The number of nitrogens with one attached hydrogen (secondary N) is 1. The molecule has 1 aliphatic carbocycles. The molecule has 1 heterocycles. The third-order valence-electron chi connectivity index (χ3n) is 1.80. The molecule has 0 aliphatic heterocycles. The number of H-pyrrole nitrogens is 1. The summed E-state index contributed by atoms with van der Waals surface area (Å²) in [5.41, 5.74) is 0. The van der Waals surface area contributed by atoms with E-state index in [1.165, 1.54) is 0 Å². The van der Waals surface area contributed by atoms with Crippen LogP contribution in [0.2, 0.25) is 0 Å². The fourth-order valence-corrected chi connectivity index (χ4v) is 1.47. The zero-order valence-corrected chi connectivity index (χ0v) is 7.21. The number of hydrogen-bond acceptors (Lipinski definition) is 2. The van der Waals surface area contributed by atoms with Crippen LogP contribution in [0.4, 0.5) is 0 Å². The van der Waals surface area contributed by atoms with Gasteiger partial charge in [0.1, 0.15) is 5.82 Å². The molecule has 0 saturated carbocycles. The third kappa shape index (κ3) is 1.23. The van der Waals surface area contributed by atoms with E-state index < -0.39 is 0 Å². The van der Waals surface area contributed by atoms with Crippen molar-refractivity contribution in [2.24, 2.45) is 0 Å². The second-order valence-corrected chi connectivity index (χ2v) is 3.07. The van der Waals surface area contributed by atoms with Gasteiger partial charge in [-0.15, -0.1) is 0 Å². The minimum absolute atomic E-state index is 0.153. The van der Waals surface area contributed by atoms with Gasteiger partial charge >= 0.3 is 0 Å². The molecule has 0 radical (unpaired) electrons. The molecule has 2 rings (SSSR count). The summed E-state index contributed by atoms with van der Waals surface area (Å²) in [4.78, 5) is 8.13. The molecule has 1 N–H and O–H groups in total. The largest absolute Gasteiger partial charge is 0.348 e. The molecule has 1 unspecified atom stereocenters. The van der Waals surface area contributed by atoms with Gasteiger partial charge in [-0.05, 0) is 6.08 Å². The lowest BCUT2D eigenvalue weighted by Crippen LogP contribution is -2.08. The minimum Gasteiger partial charge on any atom is -0.348 e. The monoisotopic (exact) mass is 176 g/mol. The number of hydrogen-bond donors (Lipinski definition) is 1.